The zero-order chi connectivity index (χ0) is 21.7. The van der Waals surface area contributed by atoms with Gasteiger partial charge in [0.2, 0.25) is 5.88 Å². The molecular formula is C23H23N5O3. The van der Waals surface area contributed by atoms with Crippen LogP contribution in [0.25, 0.3) is 22.8 Å². The van der Waals surface area contributed by atoms with Crippen LogP contribution in [0, 0.1) is 6.92 Å². The normalized spacial score (nSPS) is 17.6. The molecule has 2 bridgehead atoms. The fraction of sp³-hybridized carbons (Fsp3) is 0.261. The van der Waals surface area contributed by atoms with Gasteiger partial charge in [0.1, 0.15) is 0 Å². The molecule has 8 nitrogen and oxygen atoms in total. The van der Waals surface area contributed by atoms with Gasteiger partial charge in [0, 0.05) is 37.6 Å². The van der Waals surface area contributed by atoms with Crippen LogP contribution in [-0.2, 0) is 11.8 Å². The standard InChI is InChI=1S/C23H23N5O3/c1-13-9-17-20(25-13)11-16-15-10-14(5-6-19(15)26-21(16)29)18-12-24-28(3)23(18)31-8-4-7-27(2)22(17)30/h5-6,9-12,25H,4,7-8H2,1-3H3,(H,26,29)/b16-11-. The molecule has 2 amide bonds. The van der Waals surface area contributed by atoms with Crippen LogP contribution in [0.5, 0.6) is 5.88 Å². The summed E-state index contributed by atoms with van der Waals surface area (Å²) in [6.07, 6.45) is 4.21. The van der Waals surface area contributed by atoms with Crippen LogP contribution in [0.15, 0.2) is 30.5 Å². The first-order chi connectivity index (χ1) is 14.9. The smallest absolute Gasteiger partial charge is 0.256 e. The molecule has 5 rings (SSSR count). The molecule has 1 aromatic carbocycles. The van der Waals surface area contributed by atoms with Gasteiger partial charge >= 0.3 is 0 Å². The molecule has 8 heteroatoms. The number of ether oxygens (including phenoxy) is 1. The van der Waals surface area contributed by atoms with Crippen molar-refractivity contribution in [3.05, 3.63) is 53.0 Å². The van der Waals surface area contributed by atoms with Gasteiger partial charge in [-0.15, -0.1) is 0 Å². The largest absolute Gasteiger partial charge is 0.477 e. The van der Waals surface area contributed by atoms with E-state index in [1.807, 2.05) is 38.2 Å². The highest BCUT2D eigenvalue weighted by Crippen LogP contribution is 2.39. The second-order valence-corrected chi connectivity index (χ2v) is 7.97. The van der Waals surface area contributed by atoms with E-state index < -0.39 is 0 Å². The van der Waals surface area contributed by atoms with Crippen molar-refractivity contribution in [1.29, 1.82) is 0 Å². The lowest BCUT2D eigenvalue weighted by Gasteiger charge is -2.17. The summed E-state index contributed by atoms with van der Waals surface area (Å²) in [5, 5.41) is 7.26. The minimum absolute atomic E-state index is 0.0975. The van der Waals surface area contributed by atoms with Gasteiger partial charge < -0.3 is 19.9 Å². The summed E-state index contributed by atoms with van der Waals surface area (Å²) in [4.78, 5) is 30.8. The average molecular weight is 417 g/mol. The molecule has 0 atom stereocenters. The Bertz CT molecular complexity index is 1250. The highest BCUT2D eigenvalue weighted by molar-refractivity contribution is 6.35. The maximum absolute atomic E-state index is 13.1. The van der Waals surface area contributed by atoms with Gasteiger partial charge in [0.25, 0.3) is 11.8 Å². The van der Waals surface area contributed by atoms with Gasteiger partial charge in [-0.25, -0.2) is 4.68 Å². The molecule has 0 saturated carbocycles. The first-order valence-corrected chi connectivity index (χ1v) is 10.2. The molecular weight excluding hydrogens is 394 g/mol. The number of aromatic nitrogens is 3. The topological polar surface area (TPSA) is 92.2 Å². The lowest BCUT2D eigenvalue weighted by Crippen LogP contribution is -2.29. The number of aryl methyl sites for hydroxylation is 2. The van der Waals surface area contributed by atoms with E-state index in [2.05, 4.69) is 15.4 Å². The highest BCUT2D eigenvalue weighted by atomic mass is 16.5. The Kier molecular flexibility index (Phi) is 4.43. The monoisotopic (exact) mass is 417 g/mol. The Morgan fingerprint density at radius 3 is 2.77 bits per heavy atom. The number of hydrogen-bond donors (Lipinski definition) is 2. The third-order valence-corrected chi connectivity index (χ3v) is 5.72. The summed E-state index contributed by atoms with van der Waals surface area (Å²) in [5.41, 5.74) is 5.85. The van der Waals surface area contributed by atoms with Crippen molar-refractivity contribution in [2.45, 2.75) is 13.3 Å². The molecule has 0 aliphatic carbocycles. The molecule has 4 heterocycles. The number of carbonyl (C=O) groups is 2. The van der Waals surface area contributed by atoms with Crippen LogP contribution < -0.4 is 10.1 Å². The van der Waals surface area contributed by atoms with Crippen LogP contribution in [0.1, 0.15) is 33.7 Å². The molecule has 0 saturated heterocycles. The Labute approximate surface area is 179 Å². The number of aromatic amines is 1. The van der Waals surface area contributed by atoms with Gasteiger partial charge in [-0.1, -0.05) is 6.07 Å². The van der Waals surface area contributed by atoms with Gasteiger partial charge in [-0.2, -0.15) is 5.10 Å². The van der Waals surface area contributed by atoms with E-state index in [9.17, 15) is 9.59 Å². The molecule has 2 N–H and O–H groups in total. The zero-order valence-corrected chi connectivity index (χ0v) is 17.7. The lowest BCUT2D eigenvalue weighted by atomic mass is 9.99. The SMILES string of the molecule is Cc1cc2c([nH]1)/C=C1\C(=O)Nc3ccc(cc31)-c1cnn(C)c1OCCCN(C)C2=O. The van der Waals surface area contributed by atoms with Crippen LogP contribution in [-0.4, -0.2) is 51.7 Å². The second-order valence-electron chi connectivity index (χ2n) is 7.97. The fourth-order valence-corrected chi connectivity index (χ4v) is 4.12. The zero-order valence-electron chi connectivity index (χ0n) is 17.7. The molecule has 2 aliphatic rings. The Hall–Kier alpha value is -3.81. The minimum Gasteiger partial charge on any atom is -0.477 e. The first-order valence-electron chi connectivity index (χ1n) is 10.2. The summed E-state index contributed by atoms with van der Waals surface area (Å²) in [6, 6.07) is 7.63. The quantitative estimate of drug-likeness (QED) is 0.588. The molecule has 2 aromatic heterocycles. The van der Waals surface area contributed by atoms with E-state index >= 15 is 0 Å². The Balaban J connectivity index is 1.71. The third-order valence-electron chi connectivity index (χ3n) is 5.72. The Morgan fingerprint density at radius 1 is 1.10 bits per heavy atom. The van der Waals surface area contributed by atoms with Gasteiger partial charge in [-0.3, -0.25) is 9.59 Å². The fourth-order valence-electron chi connectivity index (χ4n) is 4.12. The number of H-pyrrole nitrogens is 1. The van der Waals surface area contributed by atoms with Crippen LogP contribution in [0.3, 0.4) is 0 Å². The van der Waals surface area contributed by atoms with Gasteiger partial charge in [0.05, 0.1) is 35.2 Å². The van der Waals surface area contributed by atoms with Gasteiger partial charge in [-0.05, 0) is 43.2 Å². The number of anilines is 1. The predicted octanol–water partition coefficient (Wildman–Crippen LogP) is 3.07. The molecule has 0 unspecified atom stereocenters. The van der Waals surface area contributed by atoms with Crippen molar-refractivity contribution in [1.82, 2.24) is 19.7 Å². The van der Waals surface area contributed by atoms with E-state index in [0.29, 0.717) is 42.3 Å². The number of benzene rings is 1. The summed E-state index contributed by atoms with van der Waals surface area (Å²) < 4.78 is 7.74. The van der Waals surface area contributed by atoms with Crippen molar-refractivity contribution in [3.8, 4) is 17.0 Å². The van der Waals surface area contributed by atoms with E-state index in [-0.39, 0.29) is 11.8 Å². The number of nitrogens with zero attached hydrogens (tertiary/aromatic N) is 3. The maximum atomic E-state index is 13.1. The molecule has 0 radical (unpaired) electrons. The summed E-state index contributed by atoms with van der Waals surface area (Å²) in [6.45, 7) is 2.90. The lowest BCUT2D eigenvalue weighted by molar-refractivity contribution is -0.110. The van der Waals surface area contributed by atoms with E-state index in [0.717, 1.165) is 28.1 Å². The van der Waals surface area contributed by atoms with Crippen molar-refractivity contribution >= 4 is 29.2 Å². The van der Waals surface area contributed by atoms with E-state index in [1.54, 1.807) is 28.9 Å². The van der Waals surface area contributed by atoms with Gasteiger partial charge in [0.15, 0.2) is 0 Å². The van der Waals surface area contributed by atoms with E-state index in [1.165, 1.54) is 0 Å². The number of carbonyl (C=O) groups excluding carboxylic acids is 2. The van der Waals surface area contributed by atoms with E-state index in [4.69, 9.17) is 4.74 Å². The second kappa shape index (κ2) is 7.16. The van der Waals surface area contributed by atoms with Crippen molar-refractivity contribution < 1.29 is 14.3 Å². The van der Waals surface area contributed by atoms with Crippen LogP contribution in [0.4, 0.5) is 5.69 Å². The number of fused-ring (bicyclic) bond motifs is 4. The summed E-state index contributed by atoms with van der Waals surface area (Å²) in [7, 11) is 3.61. The summed E-state index contributed by atoms with van der Waals surface area (Å²) in [5.74, 6) is 0.366. The maximum Gasteiger partial charge on any atom is 0.256 e. The summed E-state index contributed by atoms with van der Waals surface area (Å²) >= 11 is 0. The van der Waals surface area contributed by atoms with Crippen LogP contribution in [0.2, 0.25) is 0 Å². The number of amides is 2. The number of nitrogens with one attached hydrogen (secondary N) is 2. The number of hydrogen-bond acceptors (Lipinski definition) is 4. The van der Waals surface area contributed by atoms with Crippen molar-refractivity contribution in [3.63, 3.8) is 0 Å². The minimum atomic E-state index is -0.196. The van der Waals surface area contributed by atoms with Crippen LogP contribution >= 0.6 is 0 Å². The Morgan fingerprint density at radius 2 is 1.94 bits per heavy atom. The predicted molar refractivity (Wildman–Crippen MR) is 118 cm³/mol. The van der Waals surface area contributed by atoms with Crippen molar-refractivity contribution in [2.75, 3.05) is 25.5 Å². The molecule has 31 heavy (non-hydrogen) atoms. The molecule has 158 valence electrons. The molecule has 3 aromatic rings. The molecule has 2 aliphatic heterocycles. The molecule has 0 spiro atoms. The molecule has 0 fully saturated rings. The third kappa shape index (κ3) is 3.20. The average Bonchev–Trinajstić information content (AvgIpc) is 3.39. The first kappa shape index (κ1) is 19.2. The van der Waals surface area contributed by atoms with Crippen molar-refractivity contribution in [2.24, 2.45) is 7.05 Å². The number of rotatable bonds is 0. The highest BCUT2D eigenvalue weighted by Gasteiger charge is 2.27.